The van der Waals surface area contributed by atoms with Crippen LogP contribution in [0.5, 0.6) is 0 Å². The van der Waals surface area contributed by atoms with E-state index in [2.05, 4.69) is 50.7 Å². The Labute approximate surface area is 124 Å². The Morgan fingerprint density at radius 2 is 2.15 bits per heavy atom. The van der Waals surface area contributed by atoms with Gasteiger partial charge in [0.15, 0.2) is 0 Å². The van der Waals surface area contributed by atoms with Crippen molar-refractivity contribution in [2.75, 3.05) is 20.1 Å². The van der Waals surface area contributed by atoms with Gasteiger partial charge in [0.25, 0.3) is 0 Å². The second-order valence-corrected chi connectivity index (χ2v) is 5.17. The van der Waals surface area contributed by atoms with Crippen LogP contribution >= 0.6 is 0 Å². The van der Waals surface area contributed by atoms with Crippen LogP contribution in [0.3, 0.4) is 0 Å². The van der Waals surface area contributed by atoms with Crippen molar-refractivity contribution in [1.29, 1.82) is 0 Å². The van der Waals surface area contributed by atoms with Crippen LogP contribution in [0, 0.1) is 0 Å². The third-order valence-electron chi connectivity index (χ3n) is 3.39. The topological polar surface area (TPSA) is 32.3 Å². The zero-order valence-electron chi connectivity index (χ0n) is 13.5. The Kier molecular flexibility index (Phi) is 9.73. The first-order valence-corrected chi connectivity index (χ1v) is 7.39. The SMILES string of the molecule is C=CC(C)(C=CCC=O)NCCC(=CC)N(C)CCC. The first-order valence-electron chi connectivity index (χ1n) is 7.39. The summed E-state index contributed by atoms with van der Waals surface area (Å²) in [5.41, 5.74) is 1.09. The van der Waals surface area contributed by atoms with E-state index in [0.29, 0.717) is 6.42 Å². The summed E-state index contributed by atoms with van der Waals surface area (Å²) in [5, 5.41) is 3.48. The van der Waals surface area contributed by atoms with Crippen molar-refractivity contribution in [3.8, 4) is 0 Å². The first-order chi connectivity index (χ1) is 9.52. The molecule has 0 aliphatic heterocycles. The van der Waals surface area contributed by atoms with Gasteiger partial charge in [0.05, 0.1) is 5.54 Å². The van der Waals surface area contributed by atoms with E-state index in [4.69, 9.17) is 0 Å². The van der Waals surface area contributed by atoms with Crippen LogP contribution < -0.4 is 5.32 Å². The van der Waals surface area contributed by atoms with Crippen molar-refractivity contribution >= 4 is 6.29 Å². The van der Waals surface area contributed by atoms with E-state index in [0.717, 1.165) is 32.2 Å². The summed E-state index contributed by atoms with van der Waals surface area (Å²) in [6.07, 6.45) is 11.4. The largest absolute Gasteiger partial charge is 0.378 e. The number of nitrogens with one attached hydrogen (secondary N) is 1. The summed E-state index contributed by atoms with van der Waals surface area (Å²) >= 11 is 0. The van der Waals surface area contributed by atoms with Crippen molar-refractivity contribution in [3.05, 3.63) is 36.6 Å². The summed E-state index contributed by atoms with van der Waals surface area (Å²) in [6.45, 7) is 12.2. The fourth-order valence-electron chi connectivity index (χ4n) is 2.06. The van der Waals surface area contributed by atoms with Crippen LogP contribution in [-0.4, -0.2) is 36.9 Å². The van der Waals surface area contributed by atoms with E-state index in [9.17, 15) is 4.79 Å². The zero-order valence-corrected chi connectivity index (χ0v) is 13.5. The van der Waals surface area contributed by atoms with Crippen molar-refractivity contribution < 1.29 is 4.79 Å². The maximum Gasteiger partial charge on any atom is 0.123 e. The number of carbonyl (C=O) groups excluding carboxylic acids is 1. The van der Waals surface area contributed by atoms with Gasteiger partial charge in [-0.3, -0.25) is 0 Å². The number of carbonyl (C=O) groups is 1. The monoisotopic (exact) mass is 278 g/mol. The van der Waals surface area contributed by atoms with Gasteiger partial charge in [-0.2, -0.15) is 0 Å². The van der Waals surface area contributed by atoms with Gasteiger partial charge < -0.3 is 15.0 Å². The Morgan fingerprint density at radius 3 is 2.65 bits per heavy atom. The minimum atomic E-state index is -0.259. The third-order valence-corrected chi connectivity index (χ3v) is 3.39. The molecule has 0 heterocycles. The van der Waals surface area contributed by atoms with E-state index in [1.165, 1.54) is 5.70 Å². The highest BCUT2D eigenvalue weighted by Crippen LogP contribution is 2.11. The van der Waals surface area contributed by atoms with Gasteiger partial charge in [0.1, 0.15) is 6.29 Å². The quantitative estimate of drug-likeness (QED) is 0.465. The Bertz CT molecular complexity index is 347. The highest BCUT2D eigenvalue weighted by atomic mass is 16.1. The maximum absolute atomic E-state index is 10.3. The van der Waals surface area contributed by atoms with Crippen molar-refractivity contribution in [2.45, 2.75) is 45.6 Å². The molecule has 0 aromatic carbocycles. The van der Waals surface area contributed by atoms with Crippen LogP contribution in [0.25, 0.3) is 0 Å². The molecule has 1 N–H and O–H groups in total. The summed E-state index contributed by atoms with van der Waals surface area (Å²) < 4.78 is 0. The predicted octanol–water partition coefficient (Wildman–Crippen LogP) is 3.30. The molecule has 0 rings (SSSR count). The summed E-state index contributed by atoms with van der Waals surface area (Å²) in [7, 11) is 2.13. The molecule has 0 spiro atoms. The summed E-state index contributed by atoms with van der Waals surface area (Å²) in [6, 6.07) is 0. The highest BCUT2D eigenvalue weighted by Gasteiger charge is 2.15. The standard InChI is InChI=1S/C17H30N2O/c1-6-14-19(5)16(7-2)11-13-18-17(4,8-3)12-9-10-15-20/h7-9,12,15,18H,3,6,10-11,13-14H2,1-2,4-5H3. The number of aldehydes is 1. The van der Waals surface area contributed by atoms with Gasteiger partial charge in [0.2, 0.25) is 0 Å². The lowest BCUT2D eigenvalue weighted by molar-refractivity contribution is -0.107. The molecule has 0 amide bonds. The molecule has 0 fully saturated rings. The smallest absolute Gasteiger partial charge is 0.123 e. The van der Waals surface area contributed by atoms with E-state index < -0.39 is 0 Å². The predicted molar refractivity (Wildman–Crippen MR) is 87.7 cm³/mol. The van der Waals surface area contributed by atoms with Crippen LogP contribution in [0.1, 0.15) is 40.0 Å². The van der Waals surface area contributed by atoms with Gasteiger partial charge in [-0.15, -0.1) is 6.58 Å². The van der Waals surface area contributed by atoms with Crippen molar-refractivity contribution in [1.82, 2.24) is 10.2 Å². The minimum absolute atomic E-state index is 0.259. The highest BCUT2D eigenvalue weighted by molar-refractivity contribution is 5.52. The Hall–Kier alpha value is -1.35. The molecule has 0 aromatic heterocycles. The van der Waals surface area contributed by atoms with Crippen LogP contribution in [0.15, 0.2) is 36.6 Å². The fraction of sp³-hybridized carbons (Fsp3) is 0.588. The second kappa shape index (κ2) is 10.4. The average molecular weight is 278 g/mol. The molecule has 1 atom stereocenters. The molecule has 0 bridgehead atoms. The summed E-state index contributed by atoms with van der Waals surface area (Å²) in [4.78, 5) is 12.6. The van der Waals surface area contributed by atoms with E-state index in [1.54, 1.807) is 0 Å². The minimum Gasteiger partial charge on any atom is -0.378 e. The molecule has 114 valence electrons. The molecular weight excluding hydrogens is 248 g/mol. The van der Waals surface area contributed by atoms with Gasteiger partial charge in [0, 0.05) is 32.3 Å². The van der Waals surface area contributed by atoms with E-state index in [1.807, 2.05) is 18.2 Å². The fourth-order valence-corrected chi connectivity index (χ4v) is 2.06. The molecule has 3 heteroatoms. The molecule has 20 heavy (non-hydrogen) atoms. The Morgan fingerprint density at radius 1 is 1.45 bits per heavy atom. The number of hydrogen-bond acceptors (Lipinski definition) is 3. The average Bonchev–Trinajstić information content (AvgIpc) is 2.44. The lowest BCUT2D eigenvalue weighted by Gasteiger charge is -2.26. The number of nitrogens with zero attached hydrogens (tertiary/aromatic N) is 1. The van der Waals surface area contributed by atoms with Crippen molar-refractivity contribution in [3.63, 3.8) is 0 Å². The summed E-state index contributed by atoms with van der Waals surface area (Å²) in [5.74, 6) is 0. The first kappa shape index (κ1) is 18.7. The van der Waals surface area contributed by atoms with Gasteiger partial charge in [-0.25, -0.2) is 0 Å². The molecule has 0 saturated heterocycles. The number of allylic oxidation sites excluding steroid dienone is 2. The molecule has 0 saturated carbocycles. The third kappa shape index (κ3) is 7.29. The molecule has 0 aliphatic rings. The normalized spacial score (nSPS) is 15.1. The molecule has 1 unspecified atom stereocenters. The lowest BCUT2D eigenvalue weighted by Crippen LogP contribution is -2.39. The molecule has 0 aromatic rings. The zero-order chi connectivity index (χ0) is 15.4. The van der Waals surface area contributed by atoms with Crippen molar-refractivity contribution in [2.24, 2.45) is 0 Å². The molecule has 0 aliphatic carbocycles. The van der Waals surface area contributed by atoms with Gasteiger partial charge in [-0.1, -0.05) is 31.2 Å². The van der Waals surface area contributed by atoms with E-state index >= 15 is 0 Å². The van der Waals surface area contributed by atoms with Crippen LogP contribution in [0.4, 0.5) is 0 Å². The maximum atomic E-state index is 10.3. The molecule has 0 radical (unpaired) electrons. The molecular formula is C17H30N2O. The van der Waals surface area contributed by atoms with Gasteiger partial charge >= 0.3 is 0 Å². The number of rotatable bonds is 11. The molecule has 3 nitrogen and oxygen atoms in total. The van der Waals surface area contributed by atoms with Crippen LogP contribution in [0.2, 0.25) is 0 Å². The van der Waals surface area contributed by atoms with Crippen LogP contribution in [-0.2, 0) is 4.79 Å². The van der Waals surface area contributed by atoms with E-state index in [-0.39, 0.29) is 5.54 Å². The number of hydrogen-bond donors (Lipinski definition) is 1. The Balaban J connectivity index is 4.36. The lowest BCUT2D eigenvalue weighted by atomic mass is 10.0. The van der Waals surface area contributed by atoms with Gasteiger partial charge in [-0.05, 0) is 26.7 Å². The second-order valence-electron chi connectivity index (χ2n) is 5.17.